The van der Waals surface area contributed by atoms with Crippen LogP contribution in [0.2, 0.25) is 0 Å². The van der Waals surface area contributed by atoms with Crippen molar-refractivity contribution < 1.29 is 18.8 Å². The highest BCUT2D eigenvalue weighted by molar-refractivity contribution is 6.18. The minimum Gasteiger partial charge on any atom is -0.352 e. The number of Topliss-reactive ketones (excluding diaryl/α,β-unsaturated/α-hetero) is 2. The molecule has 1 amide bonds. The molecule has 0 radical (unpaired) electrons. The first kappa shape index (κ1) is 26.1. The molecule has 208 valence electrons. The number of anilines is 2. The highest BCUT2D eigenvalue weighted by Crippen LogP contribution is 2.58. The number of allylic oxidation sites excluding steroid dienone is 1. The summed E-state index contributed by atoms with van der Waals surface area (Å²) in [5.74, 6) is -2.50. The van der Waals surface area contributed by atoms with E-state index in [-0.39, 0.29) is 23.0 Å². The van der Waals surface area contributed by atoms with E-state index in [0.717, 1.165) is 28.0 Å². The normalized spacial score (nSPS) is 23.6. The fourth-order valence-corrected chi connectivity index (χ4v) is 7.23. The Morgan fingerprint density at radius 1 is 0.810 bits per heavy atom. The molecule has 1 N–H and O–H groups in total. The van der Waals surface area contributed by atoms with Gasteiger partial charge in [-0.05, 0) is 74.4 Å². The number of carbonyl (C=O) groups excluding carboxylic acids is 3. The van der Waals surface area contributed by atoms with E-state index in [1.54, 1.807) is 12.1 Å². The van der Waals surface area contributed by atoms with Crippen LogP contribution in [0.1, 0.15) is 49.9 Å². The molecule has 6 heteroatoms. The number of carbonyl (C=O) groups is 3. The van der Waals surface area contributed by atoms with Crippen molar-refractivity contribution in [3.05, 3.63) is 136 Å². The van der Waals surface area contributed by atoms with E-state index >= 15 is 0 Å². The summed E-state index contributed by atoms with van der Waals surface area (Å²) in [6, 6.07) is 24.5. The van der Waals surface area contributed by atoms with Crippen molar-refractivity contribution >= 4 is 34.4 Å². The SMILES string of the molecule is CC1=C[C@@H]2N(c3ccc(C)cc31)[C@H](C(=O)c1ccc(C)cc1)[C@@H](C(=O)c1ccc(F)cc1)[C@]21C(=O)Nc2ccccc21. The van der Waals surface area contributed by atoms with Crippen LogP contribution in [0.25, 0.3) is 5.57 Å². The van der Waals surface area contributed by atoms with Gasteiger partial charge in [0.1, 0.15) is 17.3 Å². The molecule has 42 heavy (non-hydrogen) atoms. The summed E-state index contributed by atoms with van der Waals surface area (Å²) in [5.41, 5.74) is 5.44. The number of rotatable bonds is 4. The zero-order chi connectivity index (χ0) is 29.3. The Balaban J connectivity index is 1.55. The van der Waals surface area contributed by atoms with Crippen molar-refractivity contribution in [3.8, 4) is 0 Å². The van der Waals surface area contributed by atoms with Crippen molar-refractivity contribution in [2.24, 2.45) is 5.92 Å². The molecule has 4 atom stereocenters. The molecular weight excluding hydrogens is 527 g/mol. The third-order valence-electron chi connectivity index (χ3n) is 9.15. The van der Waals surface area contributed by atoms with Crippen LogP contribution in [0.5, 0.6) is 0 Å². The van der Waals surface area contributed by atoms with E-state index in [9.17, 15) is 18.8 Å². The smallest absolute Gasteiger partial charge is 0.238 e. The lowest BCUT2D eigenvalue weighted by Crippen LogP contribution is -2.51. The third-order valence-corrected chi connectivity index (χ3v) is 9.15. The Labute approximate surface area is 243 Å². The second kappa shape index (κ2) is 9.35. The number of para-hydroxylation sites is 1. The van der Waals surface area contributed by atoms with Gasteiger partial charge in [0.25, 0.3) is 0 Å². The van der Waals surface area contributed by atoms with Crippen LogP contribution in [-0.2, 0) is 10.2 Å². The minimum atomic E-state index is -1.41. The lowest BCUT2D eigenvalue weighted by molar-refractivity contribution is -0.121. The van der Waals surface area contributed by atoms with Crippen molar-refractivity contribution in [2.75, 3.05) is 10.2 Å². The Morgan fingerprint density at radius 3 is 2.19 bits per heavy atom. The lowest BCUT2D eigenvalue weighted by atomic mass is 9.64. The molecular formula is C36H29FN2O3. The number of hydrogen-bond donors (Lipinski definition) is 1. The van der Waals surface area contributed by atoms with Gasteiger partial charge in [0, 0.05) is 28.1 Å². The third kappa shape index (κ3) is 3.57. The lowest BCUT2D eigenvalue weighted by Gasteiger charge is -2.39. The van der Waals surface area contributed by atoms with Gasteiger partial charge in [-0.1, -0.05) is 65.7 Å². The van der Waals surface area contributed by atoms with Gasteiger partial charge < -0.3 is 10.2 Å². The topological polar surface area (TPSA) is 66.5 Å². The number of hydrogen-bond acceptors (Lipinski definition) is 4. The molecule has 3 aliphatic rings. The Bertz CT molecular complexity index is 1830. The van der Waals surface area contributed by atoms with Crippen molar-refractivity contribution in [3.63, 3.8) is 0 Å². The Morgan fingerprint density at radius 2 is 1.45 bits per heavy atom. The number of ketones is 2. The quantitative estimate of drug-likeness (QED) is 0.285. The number of amides is 1. The molecule has 0 aliphatic carbocycles. The van der Waals surface area contributed by atoms with Gasteiger partial charge in [-0.2, -0.15) is 0 Å². The molecule has 4 aromatic carbocycles. The summed E-state index contributed by atoms with van der Waals surface area (Å²) in [6.45, 7) is 5.97. The molecule has 3 aliphatic heterocycles. The van der Waals surface area contributed by atoms with Gasteiger partial charge >= 0.3 is 0 Å². The summed E-state index contributed by atoms with van der Waals surface area (Å²) in [4.78, 5) is 45.9. The van der Waals surface area contributed by atoms with Crippen molar-refractivity contribution in [1.29, 1.82) is 0 Å². The first-order chi connectivity index (χ1) is 20.2. The van der Waals surface area contributed by atoms with Crippen LogP contribution in [0.4, 0.5) is 15.8 Å². The number of aryl methyl sites for hydroxylation is 2. The molecule has 3 heterocycles. The standard InChI is InChI=1S/C36H29FN2O3/c1-20-8-11-24(12-9-20)34(41)32-31(33(40)23-13-15-25(37)16-14-23)36(27-6-4-5-7-28(27)38-35(36)42)30-19-22(3)26-18-21(2)10-17-29(26)39(30)32/h4-19,30-32H,1-3H3,(H,38,42)/t30-,31-,32-,36+/m0/s1. The van der Waals surface area contributed by atoms with E-state index in [4.69, 9.17) is 0 Å². The molecule has 4 aromatic rings. The summed E-state index contributed by atoms with van der Waals surface area (Å²) < 4.78 is 14.0. The number of halogens is 1. The molecule has 7 rings (SSSR count). The maximum Gasteiger partial charge on any atom is 0.238 e. The predicted octanol–water partition coefficient (Wildman–Crippen LogP) is 6.69. The van der Waals surface area contributed by atoms with E-state index in [1.165, 1.54) is 24.3 Å². The average Bonchev–Trinajstić information content (AvgIpc) is 3.45. The number of nitrogens with zero attached hydrogens (tertiary/aromatic N) is 1. The number of nitrogens with one attached hydrogen (secondary N) is 1. The molecule has 0 bridgehead atoms. The van der Waals surface area contributed by atoms with E-state index < -0.39 is 29.2 Å². The first-order valence-corrected chi connectivity index (χ1v) is 14.1. The van der Waals surface area contributed by atoms with Crippen molar-refractivity contribution in [2.45, 2.75) is 38.3 Å². The van der Waals surface area contributed by atoms with E-state index in [1.807, 2.05) is 80.3 Å². The van der Waals surface area contributed by atoms with E-state index in [0.29, 0.717) is 16.8 Å². The second-order valence-corrected chi connectivity index (χ2v) is 11.6. The summed E-state index contributed by atoms with van der Waals surface area (Å²) in [7, 11) is 0. The summed E-state index contributed by atoms with van der Waals surface area (Å²) >= 11 is 0. The van der Waals surface area contributed by atoms with Crippen LogP contribution >= 0.6 is 0 Å². The largest absolute Gasteiger partial charge is 0.352 e. The highest BCUT2D eigenvalue weighted by Gasteiger charge is 2.70. The molecule has 0 saturated carbocycles. The van der Waals surface area contributed by atoms with Crippen molar-refractivity contribution in [1.82, 2.24) is 0 Å². The molecule has 1 fully saturated rings. The fourth-order valence-electron chi connectivity index (χ4n) is 7.23. The van der Waals surface area contributed by atoms with Crippen LogP contribution < -0.4 is 10.2 Å². The average molecular weight is 557 g/mol. The Hall–Kier alpha value is -4.84. The zero-order valence-electron chi connectivity index (χ0n) is 23.5. The van der Waals surface area contributed by atoms with Crippen LogP contribution in [0.3, 0.4) is 0 Å². The van der Waals surface area contributed by atoms with Gasteiger partial charge in [0.15, 0.2) is 11.6 Å². The summed E-state index contributed by atoms with van der Waals surface area (Å²) in [5, 5.41) is 3.04. The number of benzene rings is 4. The van der Waals surface area contributed by atoms with E-state index in [2.05, 4.69) is 11.4 Å². The van der Waals surface area contributed by atoms with Gasteiger partial charge in [0.05, 0.1) is 12.0 Å². The highest BCUT2D eigenvalue weighted by atomic mass is 19.1. The van der Waals surface area contributed by atoms with Crippen LogP contribution in [0, 0.1) is 25.6 Å². The predicted molar refractivity (Wildman–Crippen MR) is 161 cm³/mol. The van der Waals surface area contributed by atoms with Gasteiger partial charge in [-0.3, -0.25) is 14.4 Å². The van der Waals surface area contributed by atoms with Gasteiger partial charge in [0.2, 0.25) is 5.91 Å². The monoisotopic (exact) mass is 556 g/mol. The van der Waals surface area contributed by atoms with Crippen LogP contribution in [0.15, 0.2) is 97.1 Å². The minimum absolute atomic E-state index is 0.242. The maximum absolute atomic E-state index is 14.8. The van der Waals surface area contributed by atoms with Gasteiger partial charge in [-0.25, -0.2) is 4.39 Å². The fraction of sp³-hybridized carbons (Fsp3) is 0.194. The second-order valence-electron chi connectivity index (χ2n) is 11.6. The summed E-state index contributed by atoms with van der Waals surface area (Å²) in [6.07, 6.45) is 2.04. The Kier molecular flexibility index (Phi) is 5.80. The molecule has 0 aromatic heterocycles. The number of fused-ring (bicyclic) bond motifs is 6. The molecule has 5 nitrogen and oxygen atoms in total. The molecule has 1 spiro atoms. The maximum atomic E-state index is 14.8. The molecule has 1 saturated heterocycles. The zero-order valence-corrected chi connectivity index (χ0v) is 23.5. The first-order valence-electron chi connectivity index (χ1n) is 14.1. The molecule has 0 unspecified atom stereocenters. The van der Waals surface area contributed by atoms with Gasteiger partial charge in [-0.15, -0.1) is 0 Å². The van der Waals surface area contributed by atoms with Crippen LogP contribution in [-0.4, -0.2) is 29.6 Å².